The molecule has 64 valence electrons. The van der Waals surface area contributed by atoms with Crippen molar-refractivity contribution in [3.63, 3.8) is 0 Å². The van der Waals surface area contributed by atoms with Crippen LogP contribution in [0.25, 0.3) is 0 Å². The zero-order chi connectivity index (χ0) is 9.14. The normalized spacial score (nSPS) is 9.42. The molecule has 0 aliphatic rings. The van der Waals surface area contributed by atoms with Gasteiger partial charge in [-0.25, -0.2) is 0 Å². The molecule has 0 atom stereocenters. The second-order valence-corrected chi connectivity index (χ2v) is 1.82. The average molecular weight is 172 g/mol. The van der Waals surface area contributed by atoms with Crippen molar-refractivity contribution in [2.75, 3.05) is 12.1 Å². The minimum Gasteiger partial charge on any atom is -0.390 e. The Bertz CT molecular complexity index is 307. The summed E-state index contributed by atoms with van der Waals surface area (Å²) in [6.45, 7) is 0. The van der Waals surface area contributed by atoms with E-state index in [-0.39, 0.29) is 5.95 Å². The van der Waals surface area contributed by atoms with Gasteiger partial charge in [-0.3, -0.25) is 0 Å². The van der Waals surface area contributed by atoms with Crippen molar-refractivity contribution in [3.05, 3.63) is 15.0 Å². The van der Waals surface area contributed by atoms with E-state index in [0.29, 0.717) is 0 Å². The quantitative estimate of drug-likeness (QED) is 0.384. The Labute approximate surface area is 65.5 Å². The Kier molecular flexibility index (Phi) is 1.94. The van der Waals surface area contributed by atoms with E-state index in [1.54, 1.807) is 0 Å². The Morgan fingerprint density at radius 1 is 1.75 bits per heavy atom. The van der Waals surface area contributed by atoms with Crippen LogP contribution in [0.4, 0.5) is 11.9 Å². The van der Waals surface area contributed by atoms with Gasteiger partial charge in [0.25, 0.3) is 0 Å². The number of rotatable bonds is 3. The fourth-order valence-corrected chi connectivity index (χ4v) is 0.508. The maximum atomic E-state index is 10.1. The average Bonchev–Trinajstić information content (AvgIpc) is 2.51. The fourth-order valence-electron chi connectivity index (χ4n) is 0.508. The number of nitroso groups, excluding NO2 is 1. The third-order valence-electron chi connectivity index (χ3n) is 1.05. The van der Waals surface area contributed by atoms with Crippen LogP contribution in [0.15, 0.2) is 5.29 Å². The molecular formula is C3H4N6O3. The summed E-state index contributed by atoms with van der Waals surface area (Å²) in [6, 6.07) is 0. The van der Waals surface area contributed by atoms with Crippen molar-refractivity contribution in [1.82, 2.24) is 15.2 Å². The molecule has 0 fully saturated rings. The lowest BCUT2D eigenvalue weighted by Gasteiger charge is -1.94. The summed E-state index contributed by atoms with van der Waals surface area (Å²) in [7, 11) is 1.28. The summed E-state index contributed by atoms with van der Waals surface area (Å²) >= 11 is 0. The van der Waals surface area contributed by atoms with E-state index in [4.69, 9.17) is 0 Å². The van der Waals surface area contributed by atoms with Gasteiger partial charge in [0.1, 0.15) is 0 Å². The van der Waals surface area contributed by atoms with Gasteiger partial charge in [0.2, 0.25) is 0 Å². The van der Waals surface area contributed by atoms with Gasteiger partial charge in [-0.05, 0) is 9.91 Å². The lowest BCUT2D eigenvalue weighted by atomic mass is 10.9. The molecule has 0 spiro atoms. The molecule has 0 saturated carbocycles. The predicted octanol–water partition coefficient (Wildman–Crippen LogP) is -0.170. The van der Waals surface area contributed by atoms with Crippen LogP contribution in [0.1, 0.15) is 0 Å². The number of anilines is 1. The first-order valence-corrected chi connectivity index (χ1v) is 2.79. The van der Waals surface area contributed by atoms with Crippen LogP contribution >= 0.6 is 0 Å². The number of nitrogens with one attached hydrogen (secondary N) is 1. The number of hydrogen-bond acceptors (Lipinski definition) is 6. The minimum absolute atomic E-state index is 0.142. The second-order valence-electron chi connectivity index (χ2n) is 1.82. The molecule has 0 amide bonds. The molecule has 1 aromatic rings. The molecule has 9 heteroatoms. The van der Waals surface area contributed by atoms with Gasteiger partial charge in [0.15, 0.2) is 0 Å². The van der Waals surface area contributed by atoms with Gasteiger partial charge in [0, 0.05) is 7.05 Å². The molecule has 1 aromatic heterocycles. The molecule has 12 heavy (non-hydrogen) atoms. The van der Waals surface area contributed by atoms with Crippen LogP contribution in [0, 0.1) is 15.0 Å². The van der Waals surface area contributed by atoms with Crippen LogP contribution in [-0.4, -0.2) is 27.2 Å². The highest BCUT2D eigenvalue weighted by atomic mass is 16.6. The Hall–Kier alpha value is -2.06. The summed E-state index contributed by atoms with van der Waals surface area (Å²) in [5, 5.41) is 18.7. The van der Waals surface area contributed by atoms with Gasteiger partial charge >= 0.3 is 11.9 Å². The van der Waals surface area contributed by atoms with E-state index in [2.05, 4.69) is 15.4 Å². The third kappa shape index (κ3) is 1.33. The molecule has 1 heterocycles. The summed E-state index contributed by atoms with van der Waals surface area (Å²) in [4.78, 5) is 22.6. The van der Waals surface area contributed by atoms with Crippen molar-refractivity contribution < 1.29 is 4.92 Å². The van der Waals surface area contributed by atoms with E-state index < -0.39 is 10.9 Å². The topological polar surface area (TPSA) is 117 Å². The largest absolute Gasteiger partial charge is 0.455 e. The van der Waals surface area contributed by atoms with Crippen molar-refractivity contribution in [3.8, 4) is 0 Å². The van der Waals surface area contributed by atoms with Crippen molar-refractivity contribution in [2.24, 2.45) is 5.29 Å². The molecule has 0 bridgehead atoms. The first-order chi connectivity index (χ1) is 5.65. The van der Waals surface area contributed by atoms with Gasteiger partial charge in [-0.1, -0.05) is 5.10 Å². The predicted molar refractivity (Wildman–Crippen MR) is 37.2 cm³/mol. The summed E-state index contributed by atoms with van der Waals surface area (Å²) < 4.78 is 0. The Morgan fingerprint density at radius 3 is 2.83 bits per heavy atom. The first-order valence-electron chi connectivity index (χ1n) is 2.79. The Balaban J connectivity index is 2.91. The van der Waals surface area contributed by atoms with E-state index in [9.17, 15) is 15.0 Å². The molecule has 0 saturated heterocycles. The van der Waals surface area contributed by atoms with E-state index in [0.717, 1.165) is 5.01 Å². The molecule has 1 N–H and O–H groups in total. The van der Waals surface area contributed by atoms with Crippen LogP contribution < -0.4 is 5.01 Å². The van der Waals surface area contributed by atoms with Gasteiger partial charge < -0.3 is 10.1 Å². The minimum atomic E-state index is -0.755. The van der Waals surface area contributed by atoms with E-state index >= 15 is 0 Å². The zero-order valence-corrected chi connectivity index (χ0v) is 5.96. The summed E-state index contributed by atoms with van der Waals surface area (Å²) in [6.07, 6.45) is 0. The molecule has 0 aromatic carbocycles. The highest BCUT2D eigenvalue weighted by molar-refractivity contribution is 5.27. The van der Waals surface area contributed by atoms with Crippen LogP contribution in [-0.2, 0) is 0 Å². The molecule has 0 aliphatic carbocycles. The van der Waals surface area contributed by atoms with E-state index in [1.807, 2.05) is 5.10 Å². The van der Waals surface area contributed by atoms with Crippen LogP contribution in [0.2, 0.25) is 0 Å². The van der Waals surface area contributed by atoms with Gasteiger partial charge in [-0.15, -0.1) is 10.0 Å². The fraction of sp³-hybridized carbons (Fsp3) is 0.333. The molecule has 0 aliphatic heterocycles. The molecule has 9 nitrogen and oxygen atoms in total. The molecule has 0 unspecified atom stereocenters. The Morgan fingerprint density at radius 2 is 2.42 bits per heavy atom. The number of hydrogen-bond donors (Lipinski definition) is 1. The van der Waals surface area contributed by atoms with Crippen molar-refractivity contribution in [1.29, 1.82) is 0 Å². The maximum absolute atomic E-state index is 10.1. The van der Waals surface area contributed by atoms with E-state index in [1.165, 1.54) is 7.05 Å². The standard InChI is InChI=1S/C3H4N6O3/c1-8(7-10)2-4-3(6-5-2)9(11)12/h1H3,(H,4,5,6). The number of aromatic amines is 1. The number of nitro groups is 1. The second kappa shape index (κ2) is 2.90. The summed E-state index contributed by atoms with van der Waals surface area (Å²) in [5.74, 6) is -0.669. The van der Waals surface area contributed by atoms with Gasteiger partial charge in [0.05, 0.1) is 5.29 Å². The number of nitrogens with zero attached hydrogens (tertiary/aromatic N) is 5. The zero-order valence-electron chi connectivity index (χ0n) is 5.96. The molecule has 0 radical (unpaired) electrons. The lowest BCUT2D eigenvalue weighted by Crippen LogP contribution is -2.08. The highest BCUT2D eigenvalue weighted by Gasteiger charge is 2.17. The third-order valence-corrected chi connectivity index (χ3v) is 1.05. The highest BCUT2D eigenvalue weighted by Crippen LogP contribution is 2.08. The van der Waals surface area contributed by atoms with Crippen LogP contribution in [0.3, 0.4) is 0 Å². The first kappa shape index (κ1) is 8.04. The lowest BCUT2D eigenvalue weighted by molar-refractivity contribution is -0.394. The maximum Gasteiger partial charge on any atom is 0.455 e. The molecular weight excluding hydrogens is 168 g/mol. The SMILES string of the molecule is CN(N=O)c1n[nH]c([N+](=O)[O-])n1. The van der Waals surface area contributed by atoms with Crippen molar-refractivity contribution in [2.45, 2.75) is 0 Å². The monoisotopic (exact) mass is 172 g/mol. The van der Waals surface area contributed by atoms with Crippen molar-refractivity contribution >= 4 is 11.9 Å². The van der Waals surface area contributed by atoms with Crippen LogP contribution in [0.5, 0.6) is 0 Å². The summed E-state index contributed by atoms with van der Waals surface area (Å²) in [5.41, 5.74) is 0. The molecule has 1 rings (SSSR count). The number of aromatic nitrogens is 3. The number of H-pyrrole nitrogens is 1. The van der Waals surface area contributed by atoms with Gasteiger partial charge in [-0.2, -0.15) is 5.01 Å². The smallest absolute Gasteiger partial charge is 0.390 e.